The molecule has 0 saturated heterocycles. The number of alkyl halides is 1. The van der Waals surface area contributed by atoms with Gasteiger partial charge in [0.05, 0.1) is 11.2 Å². The van der Waals surface area contributed by atoms with Crippen LogP contribution >= 0.6 is 11.6 Å². The summed E-state index contributed by atoms with van der Waals surface area (Å²) in [6.45, 7) is 7.39. The van der Waals surface area contributed by atoms with E-state index >= 15 is 0 Å². The predicted molar refractivity (Wildman–Crippen MR) is 73.6 cm³/mol. The van der Waals surface area contributed by atoms with Crippen LogP contribution in [-0.4, -0.2) is 15.7 Å². The van der Waals surface area contributed by atoms with Crippen LogP contribution < -0.4 is 0 Å². The average Bonchev–Trinajstić information content (AvgIpc) is 2.67. The fourth-order valence-corrected chi connectivity index (χ4v) is 2.16. The third kappa shape index (κ3) is 2.47. The Labute approximate surface area is 108 Å². The SMILES string of the molecule is CCn1nc(CC(C)(C)CCl)c2ccccc21. The standard InChI is InChI=1S/C14H19ClN2/c1-4-17-13-8-6-5-7-11(13)12(16-17)9-14(2,3)10-15/h5-8H,4,9-10H2,1-3H3. The van der Waals surface area contributed by atoms with E-state index in [1.165, 1.54) is 10.9 Å². The molecule has 0 fully saturated rings. The van der Waals surface area contributed by atoms with Gasteiger partial charge in [0, 0.05) is 17.8 Å². The monoisotopic (exact) mass is 250 g/mol. The molecule has 1 aromatic carbocycles. The topological polar surface area (TPSA) is 17.8 Å². The molecule has 2 aromatic rings. The van der Waals surface area contributed by atoms with E-state index in [4.69, 9.17) is 16.7 Å². The van der Waals surface area contributed by atoms with Crippen molar-refractivity contribution in [1.82, 2.24) is 9.78 Å². The summed E-state index contributed by atoms with van der Waals surface area (Å²) in [5, 5.41) is 5.96. The van der Waals surface area contributed by atoms with Gasteiger partial charge in [-0.05, 0) is 24.8 Å². The number of halogens is 1. The zero-order chi connectivity index (χ0) is 12.5. The second-order valence-electron chi connectivity index (χ2n) is 5.25. The van der Waals surface area contributed by atoms with Gasteiger partial charge in [0.25, 0.3) is 0 Å². The molecular formula is C14H19ClN2. The highest BCUT2D eigenvalue weighted by molar-refractivity contribution is 6.18. The Morgan fingerprint density at radius 1 is 1.29 bits per heavy atom. The van der Waals surface area contributed by atoms with Crippen LogP contribution in [0.4, 0.5) is 0 Å². The smallest absolute Gasteiger partial charge is 0.0709 e. The fraction of sp³-hybridized carbons (Fsp3) is 0.500. The summed E-state index contributed by atoms with van der Waals surface area (Å²) in [5.41, 5.74) is 2.47. The Hall–Kier alpha value is -1.02. The fourth-order valence-electron chi connectivity index (χ4n) is 2.07. The highest BCUT2D eigenvalue weighted by Gasteiger charge is 2.21. The maximum absolute atomic E-state index is 6.00. The molecule has 3 heteroatoms. The van der Waals surface area contributed by atoms with Gasteiger partial charge in [-0.15, -0.1) is 11.6 Å². The van der Waals surface area contributed by atoms with Crippen LogP contribution in [-0.2, 0) is 13.0 Å². The molecule has 0 aliphatic heterocycles. The van der Waals surface area contributed by atoms with E-state index in [1.54, 1.807) is 0 Å². The van der Waals surface area contributed by atoms with Crippen LogP contribution in [0.1, 0.15) is 26.5 Å². The Kier molecular flexibility index (Phi) is 3.43. The lowest BCUT2D eigenvalue weighted by molar-refractivity contribution is 0.411. The zero-order valence-corrected chi connectivity index (χ0v) is 11.5. The van der Waals surface area contributed by atoms with Gasteiger partial charge in [0.15, 0.2) is 0 Å². The van der Waals surface area contributed by atoms with Crippen molar-refractivity contribution >= 4 is 22.5 Å². The van der Waals surface area contributed by atoms with E-state index in [1.807, 2.05) is 0 Å². The zero-order valence-electron chi connectivity index (χ0n) is 10.7. The maximum Gasteiger partial charge on any atom is 0.0709 e. The quantitative estimate of drug-likeness (QED) is 0.754. The van der Waals surface area contributed by atoms with Crippen LogP contribution in [0.15, 0.2) is 24.3 Å². The second kappa shape index (κ2) is 4.69. The summed E-state index contributed by atoms with van der Waals surface area (Å²) in [5.74, 6) is 0.653. The number of aromatic nitrogens is 2. The molecule has 1 heterocycles. The van der Waals surface area contributed by atoms with Crippen molar-refractivity contribution in [2.75, 3.05) is 5.88 Å². The molecule has 2 rings (SSSR count). The highest BCUT2D eigenvalue weighted by atomic mass is 35.5. The molecule has 0 unspecified atom stereocenters. The molecule has 0 spiro atoms. The van der Waals surface area contributed by atoms with E-state index in [0.29, 0.717) is 5.88 Å². The van der Waals surface area contributed by atoms with Gasteiger partial charge >= 0.3 is 0 Å². The third-order valence-corrected chi connectivity index (χ3v) is 3.77. The molecule has 17 heavy (non-hydrogen) atoms. The number of aryl methyl sites for hydroxylation is 1. The largest absolute Gasteiger partial charge is 0.265 e. The number of nitrogens with zero attached hydrogens (tertiary/aromatic N) is 2. The van der Waals surface area contributed by atoms with Crippen molar-refractivity contribution in [2.45, 2.75) is 33.7 Å². The first kappa shape index (κ1) is 12.4. The minimum absolute atomic E-state index is 0.0945. The van der Waals surface area contributed by atoms with Gasteiger partial charge in [-0.2, -0.15) is 5.10 Å². The van der Waals surface area contributed by atoms with Crippen LogP contribution in [0.5, 0.6) is 0 Å². The lowest BCUT2D eigenvalue weighted by Gasteiger charge is -2.19. The van der Waals surface area contributed by atoms with Crippen molar-refractivity contribution in [3.8, 4) is 0 Å². The average molecular weight is 251 g/mol. The summed E-state index contributed by atoms with van der Waals surface area (Å²) in [4.78, 5) is 0. The Morgan fingerprint density at radius 3 is 2.65 bits per heavy atom. The number of rotatable bonds is 4. The maximum atomic E-state index is 6.00. The molecular weight excluding hydrogens is 232 g/mol. The van der Waals surface area contributed by atoms with Crippen LogP contribution in [0.25, 0.3) is 10.9 Å². The van der Waals surface area contributed by atoms with Gasteiger partial charge in [-0.25, -0.2) is 0 Å². The minimum Gasteiger partial charge on any atom is -0.265 e. The first-order valence-corrected chi connectivity index (χ1v) is 6.61. The van der Waals surface area contributed by atoms with E-state index in [0.717, 1.165) is 18.7 Å². The number of para-hydroxylation sites is 1. The van der Waals surface area contributed by atoms with Crippen LogP contribution in [0.2, 0.25) is 0 Å². The molecule has 0 radical (unpaired) electrons. The van der Waals surface area contributed by atoms with Crippen LogP contribution in [0, 0.1) is 5.41 Å². The van der Waals surface area contributed by atoms with Crippen molar-refractivity contribution in [1.29, 1.82) is 0 Å². The van der Waals surface area contributed by atoms with E-state index in [2.05, 4.69) is 49.7 Å². The van der Waals surface area contributed by atoms with Crippen molar-refractivity contribution in [3.63, 3.8) is 0 Å². The van der Waals surface area contributed by atoms with Gasteiger partial charge in [0.2, 0.25) is 0 Å². The van der Waals surface area contributed by atoms with Gasteiger partial charge in [0.1, 0.15) is 0 Å². The van der Waals surface area contributed by atoms with Gasteiger partial charge < -0.3 is 0 Å². The molecule has 0 aliphatic rings. The lowest BCUT2D eigenvalue weighted by Crippen LogP contribution is -2.17. The summed E-state index contributed by atoms with van der Waals surface area (Å²) < 4.78 is 2.06. The molecule has 0 saturated carbocycles. The van der Waals surface area contributed by atoms with Gasteiger partial charge in [-0.1, -0.05) is 32.0 Å². The first-order chi connectivity index (χ1) is 8.07. The Bertz CT molecular complexity index is 514. The van der Waals surface area contributed by atoms with Crippen molar-refractivity contribution in [2.24, 2.45) is 5.41 Å². The molecule has 0 atom stereocenters. The van der Waals surface area contributed by atoms with Crippen molar-refractivity contribution in [3.05, 3.63) is 30.0 Å². The van der Waals surface area contributed by atoms with Gasteiger partial charge in [-0.3, -0.25) is 4.68 Å². The number of hydrogen-bond acceptors (Lipinski definition) is 1. The highest BCUT2D eigenvalue weighted by Crippen LogP contribution is 2.27. The number of benzene rings is 1. The summed E-state index contributed by atoms with van der Waals surface area (Å²) in [7, 11) is 0. The van der Waals surface area contributed by atoms with Crippen LogP contribution in [0.3, 0.4) is 0 Å². The molecule has 2 nitrogen and oxygen atoms in total. The number of fused-ring (bicyclic) bond motifs is 1. The predicted octanol–water partition coefficient (Wildman–Crippen LogP) is 3.86. The minimum atomic E-state index is 0.0945. The summed E-state index contributed by atoms with van der Waals surface area (Å²) in [6.07, 6.45) is 0.921. The van der Waals surface area contributed by atoms with Crippen molar-refractivity contribution < 1.29 is 0 Å². The lowest BCUT2D eigenvalue weighted by atomic mass is 9.89. The van der Waals surface area contributed by atoms with E-state index in [9.17, 15) is 0 Å². The first-order valence-electron chi connectivity index (χ1n) is 6.08. The Balaban J connectivity index is 2.47. The molecule has 0 amide bonds. The van der Waals surface area contributed by atoms with E-state index in [-0.39, 0.29) is 5.41 Å². The molecule has 92 valence electrons. The Morgan fingerprint density at radius 2 is 2.00 bits per heavy atom. The second-order valence-corrected chi connectivity index (χ2v) is 5.52. The molecule has 0 N–H and O–H groups in total. The number of hydrogen-bond donors (Lipinski definition) is 0. The molecule has 0 aliphatic carbocycles. The third-order valence-electron chi connectivity index (χ3n) is 3.04. The van der Waals surface area contributed by atoms with E-state index < -0.39 is 0 Å². The normalized spacial score (nSPS) is 12.2. The summed E-state index contributed by atoms with van der Waals surface area (Å²) in [6, 6.07) is 8.41. The molecule has 0 bridgehead atoms. The summed E-state index contributed by atoms with van der Waals surface area (Å²) >= 11 is 6.00. The molecule has 1 aromatic heterocycles.